The number of nitrogens with zero attached hydrogens (tertiary/aromatic N) is 1. The zero-order valence-electron chi connectivity index (χ0n) is 12.3. The summed E-state index contributed by atoms with van der Waals surface area (Å²) in [6, 6.07) is 5.60. The Bertz CT molecular complexity index is 676. The quantitative estimate of drug-likeness (QED) is 0.940. The van der Waals surface area contributed by atoms with E-state index in [4.69, 9.17) is 10.5 Å². The van der Waals surface area contributed by atoms with E-state index in [1.165, 1.54) is 19.3 Å². The van der Waals surface area contributed by atoms with E-state index in [-0.39, 0.29) is 0 Å². The lowest BCUT2D eigenvalue weighted by atomic mass is 9.97. The van der Waals surface area contributed by atoms with Crippen molar-refractivity contribution in [1.29, 1.82) is 0 Å². The summed E-state index contributed by atoms with van der Waals surface area (Å²) in [5, 5.41) is 0.950. The molecule has 0 atom stereocenters. The molecule has 1 amide bonds. The lowest BCUT2D eigenvalue weighted by Gasteiger charge is -2.23. The molecule has 0 bridgehead atoms. The monoisotopic (exact) mass is 284 g/mol. The predicted molar refractivity (Wildman–Crippen MR) is 82.5 cm³/mol. The summed E-state index contributed by atoms with van der Waals surface area (Å²) in [5.41, 5.74) is 7.52. The Balaban J connectivity index is 1.99. The van der Waals surface area contributed by atoms with Crippen molar-refractivity contribution in [3.8, 4) is 5.75 Å². The SMILES string of the molecule is Cc1cc2c(OC3CCCCC3)ccnc2cc1C(N)=O. The van der Waals surface area contributed by atoms with Crippen LogP contribution < -0.4 is 10.5 Å². The van der Waals surface area contributed by atoms with E-state index < -0.39 is 5.91 Å². The summed E-state index contributed by atoms with van der Waals surface area (Å²) in [5.74, 6) is 0.431. The number of aromatic nitrogens is 1. The number of benzene rings is 1. The van der Waals surface area contributed by atoms with Gasteiger partial charge in [-0.2, -0.15) is 0 Å². The van der Waals surface area contributed by atoms with Crippen molar-refractivity contribution in [2.45, 2.75) is 45.1 Å². The van der Waals surface area contributed by atoms with Crippen molar-refractivity contribution < 1.29 is 9.53 Å². The van der Waals surface area contributed by atoms with E-state index in [1.54, 1.807) is 12.3 Å². The van der Waals surface area contributed by atoms with Gasteiger partial charge in [-0.3, -0.25) is 9.78 Å². The van der Waals surface area contributed by atoms with Crippen molar-refractivity contribution in [1.82, 2.24) is 4.98 Å². The second kappa shape index (κ2) is 5.72. The van der Waals surface area contributed by atoms with E-state index in [1.807, 2.05) is 19.1 Å². The van der Waals surface area contributed by atoms with Crippen LogP contribution in [0.5, 0.6) is 5.75 Å². The van der Waals surface area contributed by atoms with Gasteiger partial charge >= 0.3 is 0 Å². The molecule has 4 heteroatoms. The fraction of sp³-hybridized carbons (Fsp3) is 0.412. The number of carbonyl (C=O) groups excluding carboxylic acids is 1. The predicted octanol–water partition coefficient (Wildman–Crippen LogP) is 3.35. The molecule has 1 saturated carbocycles. The Morgan fingerprint density at radius 1 is 1.29 bits per heavy atom. The molecule has 0 saturated heterocycles. The van der Waals surface area contributed by atoms with Crippen molar-refractivity contribution in [3.63, 3.8) is 0 Å². The summed E-state index contributed by atoms with van der Waals surface area (Å²) < 4.78 is 6.17. The summed E-state index contributed by atoms with van der Waals surface area (Å²) in [7, 11) is 0. The molecule has 110 valence electrons. The maximum absolute atomic E-state index is 11.4. The molecule has 1 aliphatic rings. The molecular formula is C17H20N2O2. The zero-order valence-corrected chi connectivity index (χ0v) is 12.3. The molecule has 0 spiro atoms. The van der Waals surface area contributed by atoms with Crippen LogP contribution in [-0.2, 0) is 0 Å². The van der Waals surface area contributed by atoms with Gasteiger partial charge in [0.25, 0.3) is 0 Å². The molecule has 0 aliphatic heterocycles. The van der Waals surface area contributed by atoms with Crippen LogP contribution >= 0.6 is 0 Å². The standard InChI is InChI=1S/C17H20N2O2/c1-11-9-14-15(10-13(11)17(18)20)19-8-7-16(14)21-12-5-3-2-4-6-12/h7-10,12H,2-6H2,1H3,(H2,18,20). The van der Waals surface area contributed by atoms with Crippen LogP contribution in [0.4, 0.5) is 0 Å². The number of amides is 1. The number of primary amides is 1. The van der Waals surface area contributed by atoms with Crippen molar-refractivity contribution in [3.05, 3.63) is 35.5 Å². The molecule has 2 N–H and O–H groups in total. The van der Waals surface area contributed by atoms with E-state index in [9.17, 15) is 4.79 Å². The maximum atomic E-state index is 11.4. The first-order valence-corrected chi connectivity index (χ1v) is 7.51. The molecule has 1 aromatic carbocycles. The van der Waals surface area contributed by atoms with Gasteiger partial charge in [0.05, 0.1) is 11.6 Å². The van der Waals surface area contributed by atoms with Crippen molar-refractivity contribution >= 4 is 16.8 Å². The number of hydrogen-bond donors (Lipinski definition) is 1. The van der Waals surface area contributed by atoms with Crippen LogP contribution in [0, 0.1) is 6.92 Å². The first-order valence-electron chi connectivity index (χ1n) is 7.51. The average Bonchev–Trinajstić information content (AvgIpc) is 2.48. The van der Waals surface area contributed by atoms with Gasteiger partial charge in [-0.05, 0) is 56.4 Å². The highest BCUT2D eigenvalue weighted by atomic mass is 16.5. The van der Waals surface area contributed by atoms with Crippen LogP contribution in [0.3, 0.4) is 0 Å². The van der Waals surface area contributed by atoms with Gasteiger partial charge < -0.3 is 10.5 Å². The Labute approximate surface area is 124 Å². The lowest BCUT2D eigenvalue weighted by molar-refractivity contribution is 0.1000. The second-order valence-electron chi connectivity index (χ2n) is 5.74. The molecule has 4 nitrogen and oxygen atoms in total. The van der Waals surface area contributed by atoms with Crippen LogP contribution in [0.2, 0.25) is 0 Å². The van der Waals surface area contributed by atoms with E-state index in [0.717, 1.165) is 35.1 Å². The minimum atomic E-state index is -0.421. The third-order valence-corrected chi connectivity index (χ3v) is 4.16. The van der Waals surface area contributed by atoms with Gasteiger partial charge in [0, 0.05) is 17.1 Å². The third kappa shape index (κ3) is 2.84. The number of pyridine rings is 1. The lowest BCUT2D eigenvalue weighted by Crippen LogP contribution is -2.19. The molecule has 1 fully saturated rings. The number of rotatable bonds is 3. The number of ether oxygens (including phenoxy) is 1. The Morgan fingerprint density at radius 2 is 2.05 bits per heavy atom. The Kier molecular flexibility index (Phi) is 3.78. The smallest absolute Gasteiger partial charge is 0.249 e. The van der Waals surface area contributed by atoms with Gasteiger partial charge in [-0.25, -0.2) is 0 Å². The number of fused-ring (bicyclic) bond motifs is 1. The largest absolute Gasteiger partial charge is 0.490 e. The van der Waals surface area contributed by atoms with E-state index in [0.29, 0.717) is 11.7 Å². The number of aryl methyl sites for hydroxylation is 1. The minimum Gasteiger partial charge on any atom is -0.490 e. The number of hydrogen-bond acceptors (Lipinski definition) is 3. The van der Waals surface area contributed by atoms with Gasteiger partial charge in [0.1, 0.15) is 5.75 Å². The van der Waals surface area contributed by atoms with E-state index in [2.05, 4.69) is 4.98 Å². The van der Waals surface area contributed by atoms with Gasteiger partial charge in [-0.1, -0.05) is 6.42 Å². The van der Waals surface area contributed by atoms with Crippen molar-refractivity contribution in [2.24, 2.45) is 5.73 Å². The topological polar surface area (TPSA) is 65.2 Å². The summed E-state index contributed by atoms with van der Waals surface area (Å²) in [6.45, 7) is 1.89. The van der Waals surface area contributed by atoms with Crippen molar-refractivity contribution in [2.75, 3.05) is 0 Å². The fourth-order valence-corrected chi connectivity index (χ4v) is 3.01. The first-order chi connectivity index (χ1) is 10.1. The molecule has 1 heterocycles. The van der Waals surface area contributed by atoms with Crippen LogP contribution in [0.1, 0.15) is 48.0 Å². The van der Waals surface area contributed by atoms with Gasteiger partial charge in [-0.15, -0.1) is 0 Å². The Hall–Kier alpha value is -2.10. The molecule has 3 rings (SSSR count). The minimum absolute atomic E-state index is 0.292. The highest BCUT2D eigenvalue weighted by molar-refractivity contribution is 5.99. The van der Waals surface area contributed by atoms with Crippen LogP contribution in [0.25, 0.3) is 10.9 Å². The second-order valence-corrected chi connectivity index (χ2v) is 5.74. The Morgan fingerprint density at radius 3 is 2.76 bits per heavy atom. The zero-order chi connectivity index (χ0) is 14.8. The molecule has 1 aliphatic carbocycles. The average molecular weight is 284 g/mol. The highest BCUT2D eigenvalue weighted by Gasteiger charge is 2.17. The third-order valence-electron chi connectivity index (χ3n) is 4.16. The molecule has 2 aromatic rings. The maximum Gasteiger partial charge on any atom is 0.249 e. The number of carbonyl (C=O) groups is 1. The number of nitrogens with two attached hydrogens (primary N) is 1. The van der Waals surface area contributed by atoms with E-state index >= 15 is 0 Å². The fourth-order valence-electron chi connectivity index (χ4n) is 3.01. The van der Waals surface area contributed by atoms with Crippen LogP contribution in [-0.4, -0.2) is 17.0 Å². The molecule has 21 heavy (non-hydrogen) atoms. The molecular weight excluding hydrogens is 264 g/mol. The summed E-state index contributed by atoms with van der Waals surface area (Å²) in [4.78, 5) is 15.8. The highest BCUT2D eigenvalue weighted by Crippen LogP contribution is 2.30. The first kappa shape index (κ1) is 13.9. The molecule has 0 radical (unpaired) electrons. The normalized spacial score (nSPS) is 16.0. The van der Waals surface area contributed by atoms with Gasteiger partial charge in [0.2, 0.25) is 5.91 Å². The summed E-state index contributed by atoms with van der Waals surface area (Å²) in [6.07, 6.45) is 8.01. The van der Waals surface area contributed by atoms with Crippen LogP contribution in [0.15, 0.2) is 24.4 Å². The molecule has 0 unspecified atom stereocenters. The van der Waals surface area contributed by atoms with Gasteiger partial charge in [0.15, 0.2) is 0 Å². The molecule has 1 aromatic heterocycles. The summed E-state index contributed by atoms with van der Waals surface area (Å²) >= 11 is 0.